The van der Waals surface area contributed by atoms with Crippen LogP contribution in [0, 0.1) is 18.2 Å². The molecule has 1 aromatic heterocycles. The Labute approximate surface area is 284 Å². The molecule has 1 spiro atoms. The Morgan fingerprint density at radius 1 is 1.15 bits per heavy atom. The molecule has 2 aromatic carbocycles. The summed E-state index contributed by atoms with van der Waals surface area (Å²) in [7, 11) is 0. The van der Waals surface area contributed by atoms with Crippen LogP contribution in [0.15, 0.2) is 60.8 Å². The highest BCUT2D eigenvalue weighted by molar-refractivity contribution is 5.81. The lowest BCUT2D eigenvalue weighted by atomic mass is 9.73. The number of morpholine rings is 1. The van der Waals surface area contributed by atoms with Crippen LogP contribution in [0.25, 0.3) is 0 Å². The van der Waals surface area contributed by atoms with Gasteiger partial charge in [-0.15, -0.1) is 0 Å². The van der Waals surface area contributed by atoms with Gasteiger partial charge in [0.05, 0.1) is 18.8 Å². The number of nitrogens with zero attached hydrogens (tertiary/aromatic N) is 2. The van der Waals surface area contributed by atoms with Crippen molar-refractivity contribution >= 4 is 5.91 Å². The third kappa shape index (κ3) is 8.61. The molecular formula is C39H51FN4O4. The maximum atomic E-state index is 13.8. The molecule has 48 heavy (non-hydrogen) atoms. The first kappa shape index (κ1) is 34.5. The predicted molar refractivity (Wildman–Crippen MR) is 184 cm³/mol. The van der Waals surface area contributed by atoms with Crippen molar-refractivity contribution in [1.29, 1.82) is 0 Å². The van der Waals surface area contributed by atoms with E-state index in [1.165, 1.54) is 23.3 Å². The normalized spacial score (nSPS) is 21.9. The molecule has 0 radical (unpaired) electrons. The number of aliphatic hydroxyl groups is 1. The third-order valence-corrected chi connectivity index (χ3v) is 10.0. The van der Waals surface area contributed by atoms with Crippen molar-refractivity contribution in [3.8, 4) is 5.88 Å². The number of carbonyl (C=O) groups is 1. The summed E-state index contributed by atoms with van der Waals surface area (Å²) in [6, 6.07) is 16.0. The molecule has 9 heteroatoms. The summed E-state index contributed by atoms with van der Waals surface area (Å²) in [6.45, 7) is 11.4. The number of aryl methyl sites for hydroxylation is 1. The second kappa shape index (κ2) is 14.6. The molecule has 258 valence electrons. The van der Waals surface area contributed by atoms with Crippen molar-refractivity contribution in [3.05, 3.63) is 94.4 Å². The number of pyridine rings is 1. The number of aromatic nitrogens is 1. The minimum Gasteiger partial charge on any atom is -0.471 e. The van der Waals surface area contributed by atoms with Gasteiger partial charge in [-0.05, 0) is 84.9 Å². The second-order valence-electron chi connectivity index (χ2n) is 15.3. The number of benzene rings is 2. The summed E-state index contributed by atoms with van der Waals surface area (Å²) in [5.74, 6) is 0.0939. The van der Waals surface area contributed by atoms with E-state index >= 15 is 0 Å². The molecule has 2 aliphatic heterocycles. The summed E-state index contributed by atoms with van der Waals surface area (Å²) < 4.78 is 26.2. The zero-order chi connectivity index (χ0) is 33.9. The molecule has 3 N–H and O–H groups in total. The lowest BCUT2D eigenvalue weighted by Gasteiger charge is -2.47. The Morgan fingerprint density at radius 2 is 1.92 bits per heavy atom. The number of nitrogens with one attached hydrogen (secondary N) is 2. The molecule has 4 atom stereocenters. The number of carbonyl (C=O) groups excluding carboxylic acids is 1. The number of aliphatic hydroxyl groups excluding tert-OH is 1. The molecule has 3 aromatic rings. The predicted octanol–water partition coefficient (Wildman–Crippen LogP) is 5.44. The van der Waals surface area contributed by atoms with Gasteiger partial charge in [-0.25, -0.2) is 9.37 Å². The van der Waals surface area contributed by atoms with Crippen LogP contribution >= 0.6 is 0 Å². The molecule has 6 rings (SSSR count). The summed E-state index contributed by atoms with van der Waals surface area (Å²) in [5, 5.41) is 18.4. The Hall–Kier alpha value is -3.37. The molecule has 1 aliphatic carbocycles. The molecule has 3 aliphatic rings. The first-order valence-corrected chi connectivity index (χ1v) is 17.5. The van der Waals surface area contributed by atoms with Crippen LogP contribution in [0.1, 0.15) is 80.3 Å². The molecule has 1 amide bonds. The third-order valence-electron chi connectivity index (χ3n) is 10.0. The summed E-state index contributed by atoms with van der Waals surface area (Å²) in [6.07, 6.45) is 5.50. The zero-order valence-electron chi connectivity index (χ0n) is 28.8. The van der Waals surface area contributed by atoms with Crippen molar-refractivity contribution in [2.75, 3.05) is 26.2 Å². The van der Waals surface area contributed by atoms with Gasteiger partial charge >= 0.3 is 0 Å². The molecule has 3 heterocycles. The van der Waals surface area contributed by atoms with E-state index in [1.807, 2.05) is 18.3 Å². The first-order chi connectivity index (χ1) is 23.0. The molecule has 1 saturated carbocycles. The Balaban J connectivity index is 1.15. The molecule has 1 saturated heterocycles. The Bertz CT molecular complexity index is 1550. The van der Waals surface area contributed by atoms with Crippen molar-refractivity contribution < 1.29 is 23.8 Å². The van der Waals surface area contributed by atoms with Gasteiger partial charge in [-0.1, -0.05) is 57.2 Å². The molecule has 0 unspecified atom stereocenters. The average molecular weight is 659 g/mol. The van der Waals surface area contributed by atoms with E-state index in [4.69, 9.17) is 14.5 Å². The quantitative estimate of drug-likeness (QED) is 0.253. The van der Waals surface area contributed by atoms with E-state index < -0.39 is 18.2 Å². The number of ether oxygens (including phenoxy) is 2. The van der Waals surface area contributed by atoms with E-state index in [9.17, 15) is 14.3 Å². The van der Waals surface area contributed by atoms with E-state index in [1.54, 1.807) is 12.1 Å². The van der Waals surface area contributed by atoms with Crippen molar-refractivity contribution in [2.45, 2.75) is 103 Å². The fraction of sp³-hybridized carbons (Fsp3) is 0.538. The standard InChI is InChI=1S/C39H51FN4O4/c1-26-8-5-6-9-29(26)24-44-16-17-47-35(25-44)36(46)43-32(19-27-10-12-30(40)13-11-27)34(45)23-41-33-21-39(14-7-15-39)48-37-31(33)18-28(22-42-37)20-38(2,3)4/h5-6,8-13,18,22,32-35,41,45H,7,14-17,19-21,23-25H2,1-4H3,(H,43,46)/t32-,33-,34+,35-/m0/s1. The van der Waals surface area contributed by atoms with Crippen molar-refractivity contribution in [2.24, 2.45) is 5.41 Å². The van der Waals surface area contributed by atoms with Gasteiger partial charge in [-0.2, -0.15) is 0 Å². The van der Waals surface area contributed by atoms with Crippen LogP contribution in [0.3, 0.4) is 0 Å². The SMILES string of the molecule is Cc1ccccc1CN1CCO[C@H](C(=O)N[C@@H](Cc2ccc(F)cc2)[C@H](O)CN[C@H]2CC3(CCC3)Oc3ncc(CC(C)(C)C)cc32)C1. The Kier molecular flexibility index (Phi) is 10.5. The number of halogens is 1. The monoisotopic (exact) mass is 658 g/mol. The van der Waals surface area contributed by atoms with Gasteiger partial charge in [0, 0.05) is 50.4 Å². The minimum atomic E-state index is -0.917. The van der Waals surface area contributed by atoms with Crippen LogP contribution in [-0.2, 0) is 28.9 Å². The molecule has 0 bridgehead atoms. The fourth-order valence-electron chi connectivity index (χ4n) is 7.22. The second-order valence-corrected chi connectivity index (χ2v) is 15.3. The van der Waals surface area contributed by atoms with Crippen LogP contribution in [-0.4, -0.2) is 71.0 Å². The van der Waals surface area contributed by atoms with Gasteiger partial charge in [0.15, 0.2) is 0 Å². The lowest BCUT2D eigenvalue weighted by molar-refractivity contribution is -0.140. The highest BCUT2D eigenvalue weighted by atomic mass is 19.1. The maximum absolute atomic E-state index is 13.8. The van der Waals surface area contributed by atoms with Gasteiger partial charge in [-0.3, -0.25) is 9.69 Å². The van der Waals surface area contributed by atoms with E-state index in [-0.39, 0.29) is 35.3 Å². The van der Waals surface area contributed by atoms with Gasteiger partial charge in [0.25, 0.3) is 5.91 Å². The van der Waals surface area contributed by atoms with Crippen LogP contribution in [0.2, 0.25) is 0 Å². The highest BCUT2D eigenvalue weighted by Gasteiger charge is 2.46. The smallest absolute Gasteiger partial charge is 0.250 e. The topological polar surface area (TPSA) is 96.0 Å². The maximum Gasteiger partial charge on any atom is 0.250 e. The molecule has 2 fully saturated rings. The summed E-state index contributed by atoms with van der Waals surface area (Å²) in [5.41, 5.74) is 5.35. The summed E-state index contributed by atoms with van der Waals surface area (Å²) in [4.78, 5) is 20.7. The minimum absolute atomic E-state index is 0.0463. The van der Waals surface area contributed by atoms with Crippen molar-refractivity contribution in [1.82, 2.24) is 20.5 Å². The van der Waals surface area contributed by atoms with E-state index in [0.29, 0.717) is 25.5 Å². The fourth-order valence-corrected chi connectivity index (χ4v) is 7.22. The number of fused-ring (bicyclic) bond motifs is 1. The van der Waals surface area contributed by atoms with E-state index in [0.717, 1.165) is 61.9 Å². The van der Waals surface area contributed by atoms with Gasteiger partial charge in [0.1, 0.15) is 17.5 Å². The van der Waals surface area contributed by atoms with Crippen LogP contribution in [0.5, 0.6) is 5.88 Å². The summed E-state index contributed by atoms with van der Waals surface area (Å²) >= 11 is 0. The van der Waals surface area contributed by atoms with Gasteiger partial charge < -0.3 is 25.2 Å². The number of rotatable bonds is 11. The lowest BCUT2D eigenvalue weighted by Crippen LogP contribution is -2.56. The number of amides is 1. The van der Waals surface area contributed by atoms with Crippen LogP contribution in [0.4, 0.5) is 4.39 Å². The largest absolute Gasteiger partial charge is 0.471 e. The molecule has 8 nitrogen and oxygen atoms in total. The molecular weight excluding hydrogens is 607 g/mol. The number of hydrogen-bond acceptors (Lipinski definition) is 7. The van der Waals surface area contributed by atoms with E-state index in [2.05, 4.69) is 61.4 Å². The van der Waals surface area contributed by atoms with Crippen LogP contribution < -0.4 is 15.4 Å². The first-order valence-electron chi connectivity index (χ1n) is 17.5. The Morgan fingerprint density at radius 3 is 2.62 bits per heavy atom. The van der Waals surface area contributed by atoms with Crippen molar-refractivity contribution in [3.63, 3.8) is 0 Å². The highest BCUT2D eigenvalue weighted by Crippen LogP contribution is 2.48. The number of hydrogen-bond donors (Lipinski definition) is 3. The average Bonchev–Trinajstić information content (AvgIpc) is 3.04. The zero-order valence-corrected chi connectivity index (χ0v) is 28.8. The van der Waals surface area contributed by atoms with Gasteiger partial charge in [0.2, 0.25) is 5.88 Å².